The number of para-hydroxylation sites is 1. The van der Waals surface area contributed by atoms with Crippen molar-refractivity contribution in [1.29, 1.82) is 0 Å². The van der Waals surface area contributed by atoms with Gasteiger partial charge in [0, 0.05) is 23.5 Å². The van der Waals surface area contributed by atoms with Crippen LogP contribution in [-0.4, -0.2) is 52.7 Å². The monoisotopic (exact) mass is 599 g/mol. The molecule has 1 aliphatic rings. The van der Waals surface area contributed by atoms with Crippen LogP contribution in [0.1, 0.15) is 56.1 Å². The first kappa shape index (κ1) is 32.7. The van der Waals surface area contributed by atoms with Crippen LogP contribution in [0, 0.1) is 11.8 Å². The molecule has 0 spiro atoms. The maximum atomic E-state index is 13.6. The number of hydrogen-bond acceptors (Lipinski definition) is 5. The van der Waals surface area contributed by atoms with Gasteiger partial charge in [-0.1, -0.05) is 73.5 Å². The second kappa shape index (κ2) is 16.1. The van der Waals surface area contributed by atoms with Gasteiger partial charge in [-0.3, -0.25) is 14.4 Å². The third-order valence-corrected chi connectivity index (χ3v) is 8.55. The summed E-state index contributed by atoms with van der Waals surface area (Å²) in [6.07, 6.45) is 10.3. The first-order valence-electron chi connectivity index (χ1n) is 15.6. The Hall–Kier alpha value is -4.17. The van der Waals surface area contributed by atoms with Crippen LogP contribution in [0.4, 0.5) is 0 Å². The molecule has 8 heteroatoms. The standard InChI is InChI=1S/C36H45N3O5/c1-3-12-27(22-33(41)39-36(25-40)18-10-11-19-36)34(42)38-30(21-29-23-37-32-17-9-8-16-31(29)32)24-44-35(43)28(13-4-2)20-26-14-6-5-7-15-26/h3-9,14-17,23,27-28,30,37,40H,1-2,10-13,18-22,24-25H2,(H,38,42)(H,39,41)/t27-,28+,30+/m1/s1. The molecule has 3 aromatic rings. The lowest BCUT2D eigenvalue weighted by Gasteiger charge is -2.29. The lowest BCUT2D eigenvalue weighted by Crippen LogP contribution is -2.50. The lowest BCUT2D eigenvalue weighted by molar-refractivity contribution is -0.149. The fourth-order valence-corrected chi connectivity index (χ4v) is 6.13. The van der Waals surface area contributed by atoms with Crippen molar-refractivity contribution >= 4 is 28.7 Å². The van der Waals surface area contributed by atoms with E-state index in [1.54, 1.807) is 12.2 Å². The number of hydrogen-bond donors (Lipinski definition) is 4. The zero-order valence-corrected chi connectivity index (χ0v) is 25.4. The largest absolute Gasteiger partial charge is 0.463 e. The molecule has 0 radical (unpaired) electrons. The topological polar surface area (TPSA) is 121 Å². The summed E-state index contributed by atoms with van der Waals surface area (Å²) < 4.78 is 5.85. The molecule has 4 N–H and O–H groups in total. The summed E-state index contributed by atoms with van der Waals surface area (Å²) in [5.74, 6) is -1.98. The van der Waals surface area contributed by atoms with Gasteiger partial charge < -0.3 is 25.5 Å². The number of allylic oxidation sites excluding steroid dienone is 2. The SMILES string of the molecule is C=CC[C@H](CC(=O)NC1(CO)CCCC1)C(=O)N[C@H](COC(=O)[C@@H](CC=C)Cc1ccccc1)Cc1c[nH]c2ccccc12. The summed E-state index contributed by atoms with van der Waals surface area (Å²) in [5.41, 5.74) is 2.38. The molecule has 0 bridgehead atoms. The average molecular weight is 600 g/mol. The van der Waals surface area contributed by atoms with Crippen molar-refractivity contribution in [2.75, 3.05) is 13.2 Å². The van der Waals surface area contributed by atoms with E-state index in [0.29, 0.717) is 25.7 Å². The van der Waals surface area contributed by atoms with Crippen molar-refractivity contribution in [3.05, 3.63) is 97.2 Å². The van der Waals surface area contributed by atoms with Gasteiger partial charge in [0.15, 0.2) is 0 Å². The van der Waals surface area contributed by atoms with E-state index in [1.165, 1.54) is 0 Å². The number of aliphatic hydroxyl groups is 1. The molecule has 8 nitrogen and oxygen atoms in total. The lowest BCUT2D eigenvalue weighted by atomic mass is 9.95. The Morgan fingerprint density at radius 2 is 1.64 bits per heavy atom. The highest BCUT2D eigenvalue weighted by Gasteiger charge is 2.35. The van der Waals surface area contributed by atoms with Crippen molar-refractivity contribution in [3.8, 4) is 0 Å². The number of aliphatic hydroxyl groups excluding tert-OH is 1. The van der Waals surface area contributed by atoms with Crippen LogP contribution in [0.2, 0.25) is 0 Å². The van der Waals surface area contributed by atoms with Crippen LogP contribution in [0.25, 0.3) is 10.9 Å². The summed E-state index contributed by atoms with van der Waals surface area (Å²) in [5, 5.41) is 17.0. The zero-order chi connectivity index (χ0) is 31.4. The number of carbonyl (C=O) groups is 3. The number of esters is 1. The van der Waals surface area contributed by atoms with Crippen LogP contribution in [-0.2, 0) is 32.0 Å². The molecular weight excluding hydrogens is 554 g/mol. The molecule has 1 aromatic heterocycles. The number of benzene rings is 2. The fourth-order valence-electron chi connectivity index (χ4n) is 6.13. The molecule has 1 fully saturated rings. The number of H-pyrrole nitrogens is 1. The van der Waals surface area contributed by atoms with E-state index in [9.17, 15) is 19.5 Å². The molecular formula is C36H45N3O5. The van der Waals surface area contributed by atoms with E-state index in [4.69, 9.17) is 4.74 Å². The first-order valence-corrected chi connectivity index (χ1v) is 15.6. The number of fused-ring (bicyclic) bond motifs is 1. The Morgan fingerprint density at radius 1 is 0.955 bits per heavy atom. The van der Waals surface area contributed by atoms with Gasteiger partial charge in [-0.15, -0.1) is 13.2 Å². The van der Waals surface area contributed by atoms with Gasteiger partial charge in [-0.2, -0.15) is 0 Å². The summed E-state index contributed by atoms with van der Waals surface area (Å²) in [7, 11) is 0. The Balaban J connectivity index is 1.47. The van der Waals surface area contributed by atoms with E-state index in [1.807, 2.05) is 60.8 Å². The fraction of sp³-hybridized carbons (Fsp3) is 0.417. The predicted molar refractivity (Wildman–Crippen MR) is 173 cm³/mol. The van der Waals surface area contributed by atoms with E-state index in [2.05, 4.69) is 28.8 Å². The molecule has 1 aliphatic carbocycles. The van der Waals surface area contributed by atoms with Crippen LogP contribution < -0.4 is 10.6 Å². The molecule has 234 valence electrons. The normalized spacial score (nSPS) is 16.0. The third kappa shape index (κ3) is 8.92. The molecule has 3 atom stereocenters. The van der Waals surface area contributed by atoms with Crippen molar-refractivity contribution in [1.82, 2.24) is 15.6 Å². The van der Waals surface area contributed by atoms with Crippen molar-refractivity contribution < 1.29 is 24.2 Å². The van der Waals surface area contributed by atoms with E-state index >= 15 is 0 Å². The summed E-state index contributed by atoms with van der Waals surface area (Å²) in [4.78, 5) is 43.2. The molecule has 0 aliphatic heterocycles. The maximum Gasteiger partial charge on any atom is 0.309 e. The molecule has 4 rings (SSSR count). The second-order valence-electron chi connectivity index (χ2n) is 11.9. The van der Waals surface area contributed by atoms with E-state index in [0.717, 1.165) is 47.7 Å². The number of aromatic amines is 1. The highest BCUT2D eigenvalue weighted by molar-refractivity contribution is 5.87. The number of ether oxygens (including phenoxy) is 1. The number of nitrogens with one attached hydrogen (secondary N) is 3. The van der Waals surface area contributed by atoms with Crippen LogP contribution >= 0.6 is 0 Å². The number of amides is 2. The molecule has 2 aromatic carbocycles. The Morgan fingerprint density at radius 3 is 2.34 bits per heavy atom. The minimum absolute atomic E-state index is 0.0207. The van der Waals surface area contributed by atoms with Gasteiger partial charge in [-0.05, 0) is 55.7 Å². The predicted octanol–water partition coefficient (Wildman–Crippen LogP) is 5.18. The summed E-state index contributed by atoms with van der Waals surface area (Å²) in [6, 6.07) is 17.2. The number of rotatable bonds is 17. The Bertz CT molecular complexity index is 1410. The van der Waals surface area contributed by atoms with Gasteiger partial charge in [0.25, 0.3) is 0 Å². The molecule has 0 unspecified atom stereocenters. The molecule has 44 heavy (non-hydrogen) atoms. The number of carbonyl (C=O) groups excluding carboxylic acids is 3. The molecule has 0 saturated heterocycles. The summed E-state index contributed by atoms with van der Waals surface area (Å²) >= 11 is 0. The van der Waals surface area contributed by atoms with Crippen LogP contribution in [0.15, 0.2) is 86.1 Å². The Kier molecular flexibility index (Phi) is 11.9. The van der Waals surface area contributed by atoms with Crippen molar-refractivity contribution in [3.63, 3.8) is 0 Å². The first-order chi connectivity index (χ1) is 21.4. The molecule has 2 amide bonds. The minimum Gasteiger partial charge on any atom is -0.463 e. The van der Waals surface area contributed by atoms with E-state index < -0.39 is 23.4 Å². The highest BCUT2D eigenvalue weighted by Crippen LogP contribution is 2.29. The van der Waals surface area contributed by atoms with Gasteiger partial charge >= 0.3 is 5.97 Å². The number of aromatic nitrogens is 1. The minimum atomic E-state index is -0.655. The zero-order valence-electron chi connectivity index (χ0n) is 25.4. The van der Waals surface area contributed by atoms with Gasteiger partial charge in [0.1, 0.15) is 6.61 Å². The Labute approximate surface area is 260 Å². The van der Waals surface area contributed by atoms with Crippen molar-refractivity contribution in [2.45, 2.75) is 69.4 Å². The van der Waals surface area contributed by atoms with E-state index in [-0.39, 0.29) is 37.4 Å². The molecule has 1 saturated carbocycles. The van der Waals surface area contributed by atoms with Gasteiger partial charge in [0.05, 0.1) is 30.0 Å². The second-order valence-corrected chi connectivity index (χ2v) is 11.9. The van der Waals surface area contributed by atoms with Crippen LogP contribution in [0.5, 0.6) is 0 Å². The molecule has 1 heterocycles. The van der Waals surface area contributed by atoms with Gasteiger partial charge in [-0.25, -0.2) is 0 Å². The van der Waals surface area contributed by atoms with Crippen molar-refractivity contribution in [2.24, 2.45) is 11.8 Å². The van der Waals surface area contributed by atoms with Gasteiger partial charge in [0.2, 0.25) is 11.8 Å². The average Bonchev–Trinajstić information content (AvgIpc) is 3.67. The maximum absolute atomic E-state index is 13.6. The van der Waals surface area contributed by atoms with Crippen LogP contribution in [0.3, 0.4) is 0 Å². The third-order valence-electron chi connectivity index (χ3n) is 8.55. The summed E-state index contributed by atoms with van der Waals surface area (Å²) in [6.45, 7) is 7.47. The quantitative estimate of drug-likeness (QED) is 0.126. The smallest absolute Gasteiger partial charge is 0.309 e. The highest BCUT2D eigenvalue weighted by atomic mass is 16.5.